The standard InChI is InChI=1S/C19H26FN3OS/c1-13-10-16(20)4-5-17(13)18(24)12-22-6-8-23(9-7-22)15(3)19-21-11-14(2)25-19/h4-5,10-11,15,18,24H,6-9,12H2,1-3H3. The molecule has 25 heavy (non-hydrogen) atoms. The second-order valence-electron chi connectivity index (χ2n) is 6.84. The minimum Gasteiger partial charge on any atom is -0.387 e. The van der Waals surface area contributed by atoms with E-state index in [0.29, 0.717) is 12.6 Å². The van der Waals surface area contributed by atoms with Gasteiger partial charge in [-0.3, -0.25) is 9.80 Å². The molecule has 1 aliphatic heterocycles. The fraction of sp³-hybridized carbons (Fsp3) is 0.526. The molecule has 1 N–H and O–H groups in total. The molecule has 1 aliphatic rings. The fourth-order valence-electron chi connectivity index (χ4n) is 3.41. The van der Waals surface area contributed by atoms with Gasteiger partial charge in [0, 0.05) is 43.8 Å². The van der Waals surface area contributed by atoms with E-state index in [9.17, 15) is 9.50 Å². The van der Waals surface area contributed by atoms with Gasteiger partial charge in [-0.25, -0.2) is 9.37 Å². The molecule has 2 atom stereocenters. The van der Waals surface area contributed by atoms with E-state index in [0.717, 1.165) is 37.3 Å². The first-order valence-corrected chi connectivity index (χ1v) is 9.58. The Labute approximate surface area is 152 Å². The van der Waals surface area contributed by atoms with E-state index in [1.54, 1.807) is 17.4 Å². The van der Waals surface area contributed by atoms with E-state index in [1.165, 1.54) is 22.0 Å². The molecule has 0 spiro atoms. The molecular formula is C19H26FN3OS. The number of β-amino-alcohol motifs (C(OH)–C–C–N with tert-alkyl or cyclic N) is 1. The monoisotopic (exact) mass is 363 g/mol. The summed E-state index contributed by atoms with van der Waals surface area (Å²) in [6, 6.07) is 4.93. The lowest BCUT2D eigenvalue weighted by molar-refractivity contribution is 0.0586. The van der Waals surface area contributed by atoms with Gasteiger partial charge in [-0.1, -0.05) is 6.07 Å². The Balaban J connectivity index is 1.53. The Bertz CT molecular complexity index is 712. The molecule has 0 bridgehead atoms. The summed E-state index contributed by atoms with van der Waals surface area (Å²) in [5.41, 5.74) is 1.62. The number of hydrogen-bond acceptors (Lipinski definition) is 5. The summed E-state index contributed by atoms with van der Waals surface area (Å²) in [4.78, 5) is 10.5. The Morgan fingerprint density at radius 3 is 2.56 bits per heavy atom. The van der Waals surface area contributed by atoms with Crippen molar-refractivity contribution in [2.75, 3.05) is 32.7 Å². The number of aryl methyl sites for hydroxylation is 2. The maximum absolute atomic E-state index is 13.2. The van der Waals surface area contributed by atoms with Crippen molar-refractivity contribution in [1.82, 2.24) is 14.8 Å². The van der Waals surface area contributed by atoms with Crippen molar-refractivity contribution >= 4 is 11.3 Å². The number of nitrogens with zero attached hydrogens (tertiary/aromatic N) is 3. The highest BCUT2D eigenvalue weighted by Gasteiger charge is 2.25. The minimum atomic E-state index is -0.578. The number of benzene rings is 1. The van der Waals surface area contributed by atoms with Gasteiger partial charge in [0.05, 0.1) is 12.1 Å². The zero-order valence-corrected chi connectivity index (χ0v) is 15.9. The molecule has 1 fully saturated rings. The Morgan fingerprint density at radius 2 is 1.96 bits per heavy atom. The third-order valence-electron chi connectivity index (χ3n) is 4.97. The first-order valence-electron chi connectivity index (χ1n) is 8.77. The molecule has 1 aromatic carbocycles. The van der Waals surface area contributed by atoms with Crippen LogP contribution in [0.1, 0.15) is 40.1 Å². The van der Waals surface area contributed by atoms with Crippen molar-refractivity contribution in [3.8, 4) is 0 Å². The molecule has 4 nitrogen and oxygen atoms in total. The summed E-state index contributed by atoms with van der Waals surface area (Å²) in [5.74, 6) is -0.256. The van der Waals surface area contributed by atoms with Crippen molar-refractivity contribution in [2.24, 2.45) is 0 Å². The zero-order chi connectivity index (χ0) is 18.0. The van der Waals surface area contributed by atoms with Crippen molar-refractivity contribution < 1.29 is 9.50 Å². The summed E-state index contributed by atoms with van der Waals surface area (Å²) in [6.07, 6.45) is 1.36. The molecule has 0 amide bonds. The third-order valence-corrected chi connectivity index (χ3v) is 6.06. The third kappa shape index (κ3) is 4.44. The number of aliphatic hydroxyl groups excluding tert-OH is 1. The quantitative estimate of drug-likeness (QED) is 0.885. The number of hydrogen-bond donors (Lipinski definition) is 1. The lowest BCUT2D eigenvalue weighted by Crippen LogP contribution is -2.48. The van der Waals surface area contributed by atoms with Crippen LogP contribution in [0.4, 0.5) is 4.39 Å². The van der Waals surface area contributed by atoms with Crippen LogP contribution in [0.15, 0.2) is 24.4 Å². The molecular weight excluding hydrogens is 337 g/mol. The molecule has 2 unspecified atom stereocenters. The highest BCUT2D eigenvalue weighted by atomic mass is 32.1. The molecule has 0 saturated carbocycles. The van der Waals surface area contributed by atoms with E-state index in [-0.39, 0.29) is 5.82 Å². The van der Waals surface area contributed by atoms with Crippen LogP contribution >= 0.6 is 11.3 Å². The smallest absolute Gasteiger partial charge is 0.123 e. The van der Waals surface area contributed by atoms with Crippen molar-refractivity contribution in [3.05, 3.63) is 51.2 Å². The zero-order valence-electron chi connectivity index (χ0n) is 15.1. The second-order valence-corrected chi connectivity index (χ2v) is 8.10. The SMILES string of the molecule is Cc1cnc(C(C)N2CCN(CC(O)c3ccc(F)cc3C)CC2)s1. The Hall–Kier alpha value is -1.34. The predicted octanol–water partition coefficient (Wildman–Crippen LogP) is 3.31. The fourth-order valence-corrected chi connectivity index (χ4v) is 4.27. The summed E-state index contributed by atoms with van der Waals surface area (Å²) >= 11 is 1.76. The second kappa shape index (κ2) is 7.91. The summed E-state index contributed by atoms with van der Waals surface area (Å²) in [6.45, 7) is 10.5. The number of aliphatic hydroxyl groups is 1. The van der Waals surface area contributed by atoms with E-state index in [1.807, 2.05) is 13.1 Å². The van der Waals surface area contributed by atoms with Crippen LogP contribution in [0.2, 0.25) is 0 Å². The normalized spacial score (nSPS) is 19.1. The summed E-state index contributed by atoms with van der Waals surface area (Å²) in [5, 5.41) is 11.7. The first kappa shape index (κ1) is 18.5. The number of aromatic nitrogens is 1. The minimum absolute atomic E-state index is 0.256. The lowest BCUT2D eigenvalue weighted by atomic mass is 10.0. The largest absolute Gasteiger partial charge is 0.387 e. The molecule has 136 valence electrons. The molecule has 2 aromatic rings. The van der Waals surface area contributed by atoms with Crippen LogP contribution in [0, 0.1) is 19.7 Å². The van der Waals surface area contributed by atoms with Gasteiger partial charge in [0.15, 0.2) is 0 Å². The highest BCUT2D eigenvalue weighted by Crippen LogP contribution is 2.26. The first-order chi connectivity index (χ1) is 11.9. The predicted molar refractivity (Wildman–Crippen MR) is 99.4 cm³/mol. The van der Waals surface area contributed by atoms with Crippen LogP contribution < -0.4 is 0 Å². The lowest BCUT2D eigenvalue weighted by Gasteiger charge is -2.38. The summed E-state index contributed by atoms with van der Waals surface area (Å²) in [7, 11) is 0. The topological polar surface area (TPSA) is 39.6 Å². The van der Waals surface area contributed by atoms with Gasteiger partial charge in [-0.05, 0) is 44.0 Å². The molecule has 1 aromatic heterocycles. The number of rotatable bonds is 5. The molecule has 2 heterocycles. The molecule has 0 radical (unpaired) electrons. The van der Waals surface area contributed by atoms with Gasteiger partial charge >= 0.3 is 0 Å². The van der Waals surface area contributed by atoms with Crippen molar-refractivity contribution in [1.29, 1.82) is 0 Å². The van der Waals surface area contributed by atoms with E-state index in [2.05, 4.69) is 28.6 Å². The van der Waals surface area contributed by atoms with E-state index < -0.39 is 6.10 Å². The van der Waals surface area contributed by atoms with Crippen LogP contribution in [0.25, 0.3) is 0 Å². The van der Waals surface area contributed by atoms with Crippen LogP contribution in [0.5, 0.6) is 0 Å². The Morgan fingerprint density at radius 1 is 1.24 bits per heavy atom. The number of halogens is 1. The van der Waals surface area contributed by atoms with Crippen molar-refractivity contribution in [3.63, 3.8) is 0 Å². The maximum atomic E-state index is 13.2. The summed E-state index contributed by atoms with van der Waals surface area (Å²) < 4.78 is 13.2. The van der Waals surface area contributed by atoms with Gasteiger partial charge in [0.1, 0.15) is 10.8 Å². The molecule has 3 rings (SSSR count). The van der Waals surface area contributed by atoms with Crippen LogP contribution in [0.3, 0.4) is 0 Å². The van der Waals surface area contributed by atoms with Crippen molar-refractivity contribution in [2.45, 2.75) is 32.9 Å². The number of piperazine rings is 1. The van der Waals surface area contributed by atoms with Gasteiger partial charge < -0.3 is 5.11 Å². The van der Waals surface area contributed by atoms with E-state index in [4.69, 9.17) is 0 Å². The maximum Gasteiger partial charge on any atom is 0.123 e. The van der Waals surface area contributed by atoms with Gasteiger partial charge in [-0.15, -0.1) is 11.3 Å². The van der Waals surface area contributed by atoms with Crippen LogP contribution in [-0.2, 0) is 0 Å². The van der Waals surface area contributed by atoms with Gasteiger partial charge in [0.2, 0.25) is 0 Å². The Kier molecular flexibility index (Phi) is 5.84. The van der Waals surface area contributed by atoms with E-state index >= 15 is 0 Å². The molecule has 6 heteroatoms. The molecule has 0 aliphatic carbocycles. The van der Waals surface area contributed by atoms with Gasteiger partial charge in [0.25, 0.3) is 0 Å². The number of thiazole rings is 1. The van der Waals surface area contributed by atoms with Crippen LogP contribution in [-0.4, -0.2) is 52.6 Å². The average molecular weight is 364 g/mol. The highest BCUT2D eigenvalue weighted by molar-refractivity contribution is 7.11. The van der Waals surface area contributed by atoms with Gasteiger partial charge in [-0.2, -0.15) is 0 Å². The average Bonchev–Trinajstić information content (AvgIpc) is 3.01. The molecule has 1 saturated heterocycles.